The molecule has 2 aliphatic heterocycles. The van der Waals surface area contributed by atoms with E-state index in [1.165, 1.54) is 11.3 Å². The van der Waals surface area contributed by atoms with E-state index in [0.29, 0.717) is 13.2 Å². The van der Waals surface area contributed by atoms with E-state index in [2.05, 4.69) is 54.1 Å². The average Bonchev–Trinajstić information content (AvgIpc) is 2.90. The summed E-state index contributed by atoms with van der Waals surface area (Å²) in [5.74, 6) is 0.784. The highest BCUT2D eigenvalue weighted by Gasteiger charge is 2.59. The molecule has 1 spiro atoms. The van der Waals surface area contributed by atoms with Crippen LogP contribution in [-0.4, -0.2) is 37.2 Å². The van der Waals surface area contributed by atoms with E-state index in [1.54, 1.807) is 13.3 Å². The molecule has 0 saturated heterocycles. The summed E-state index contributed by atoms with van der Waals surface area (Å²) in [7, 11) is 1.73. The van der Waals surface area contributed by atoms with Gasteiger partial charge in [-0.05, 0) is 43.0 Å². The van der Waals surface area contributed by atoms with Gasteiger partial charge in [0, 0.05) is 37.1 Å². The number of hydrogen-bond donors (Lipinski definition) is 0. The van der Waals surface area contributed by atoms with E-state index >= 15 is 0 Å². The zero-order valence-corrected chi connectivity index (χ0v) is 16.3. The predicted molar refractivity (Wildman–Crippen MR) is 112 cm³/mol. The van der Waals surface area contributed by atoms with E-state index < -0.39 is 5.72 Å². The molecule has 1 unspecified atom stereocenters. The van der Waals surface area contributed by atoms with Crippen LogP contribution in [0.3, 0.4) is 0 Å². The third-order valence-electron chi connectivity index (χ3n) is 6.08. The van der Waals surface area contributed by atoms with Crippen molar-refractivity contribution < 1.29 is 9.47 Å². The van der Waals surface area contributed by atoms with Crippen LogP contribution >= 0.6 is 0 Å². The minimum absolute atomic E-state index is 0.289. The Labute approximate surface area is 164 Å². The molecule has 3 aromatic rings. The van der Waals surface area contributed by atoms with E-state index in [-0.39, 0.29) is 5.41 Å². The van der Waals surface area contributed by atoms with Crippen LogP contribution in [-0.2, 0) is 10.2 Å². The minimum Gasteiger partial charge on any atom is -0.459 e. The second-order valence-corrected chi connectivity index (χ2v) is 7.85. The molecule has 2 aliphatic rings. The fraction of sp³-hybridized carbons (Fsp3) is 0.304. The number of benzene rings is 2. The predicted octanol–water partition coefficient (Wildman–Crippen LogP) is 4.47. The van der Waals surface area contributed by atoms with Gasteiger partial charge in [0.1, 0.15) is 11.4 Å². The van der Waals surface area contributed by atoms with Crippen molar-refractivity contribution in [1.29, 1.82) is 0 Å². The van der Waals surface area contributed by atoms with Gasteiger partial charge < -0.3 is 14.4 Å². The van der Waals surface area contributed by atoms with Gasteiger partial charge in [-0.25, -0.2) is 0 Å². The van der Waals surface area contributed by atoms with Crippen molar-refractivity contribution in [3.8, 4) is 5.75 Å². The van der Waals surface area contributed by atoms with Crippen LogP contribution in [0.5, 0.6) is 5.75 Å². The molecule has 0 bridgehead atoms. The molecule has 1 aromatic heterocycles. The second-order valence-electron chi connectivity index (χ2n) is 7.85. The zero-order chi connectivity index (χ0) is 19.4. The SMILES string of the molecule is COCCN1c2ccccc2C(C)(C)C12C=Nc1c(ccc3ccncc13)O2. The van der Waals surface area contributed by atoms with Crippen LogP contribution in [0, 0.1) is 0 Å². The molecule has 0 amide bonds. The molecule has 0 aliphatic carbocycles. The normalized spacial score (nSPS) is 21.6. The van der Waals surface area contributed by atoms with Crippen molar-refractivity contribution in [3.63, 3.8) is 0 Å². The van der Waals surface area contributed by atoms with Gasteiger partial charge in [-0.2, -0.15) is 0 Å². The van der Waals surface area contributed by atoms with Gasteiger partial charge in [-0.1, -0.05) is 24.3 Å². The first-order valence-electron chi connectivity index (χ1n) is 9.55. The Balaban J connectivity index is 1.69. The molecule has 0 fully saturated rings. The quantitative estimate of drug-likeness (QED) is 0.680. The fourth-order valence-electron chi connectivity index (χ4n) is 4.52. The van der Waals surface area contributed by atoms with Gasteiger partial charge in [-0.3, -0.25) is 9.98 Å². The van der Waals surface area contributed by atoms with Crippen LogP contribution in [0.4, 0.5) is 11.4 Å². The Kier molecular flexibility index (Phi) is 3.71. The summed E-state index contributed by atoms with van der Waals surface area (Å²) in [4.78, 5) is 11.5. The molecule has 5 rings (SSSR count). The lowest BCUT2D eigenvalue weighted by Crippen LogP contribution is -2.62. The van der Waals surface area contributed by atoms with Crippen molar-refractivity contribution in [3.05, 3.63) is 60.4 Å². The lowest BCUT2D eigenvalue weighted by atomic mass is 9.77. The van der Waals surface area contributed by atoms with Crippen molar-refractivity contribution in [2.24, 2.45) is 4.99 Å². The van der Waals surface area contributed by atoms with Crippen LogP contribution in [0.1, 0.15) is 19.4 Å². The van der Waals surface area contributed by atoms with Gasteiger partial charge >= 0.3 is 0 Å². The number of methoxy groups -OCH3 is 1. The number of fused-ring (bicyclic) bond motifs is 4. The number of para-hydroxylation sites is 1. The number of nitrogens with zero attached hydrogens (tertiary/aromatic N) is 3. The number of aromatic nitrogens is 1. The highest BCUT2D eigenvalue weighted by molar-refractivity contribution is 5.99. The number of ether oxygens (including phenoxy) is 2. The monoisotopic (exact) mass is 373 g/mol. The van der Waals surface area contributed by atoms with Crippen molar-refractivity contribution >= 4 is 28.4 Å². The summed E-state index contributed by atoms with van der Waals surface area (Å²) in [6, 6.07) is 14.6. The first-order valence-corrected chi connectivity index (χ1v) is 9.55. The molecule has 28 heavy (non-hydrogen) atoms. The Morgan fingerprint density at radius 3 is 2.82 bits per heavy atom. The molecule has 3 heterocycles. The lowest BCUT2D eigenvalue weighted by molar-refractivity contribution is 0.0715. The Morgan fingerprint density at radius 2 is 1.96 bits per heavy atom. The van der Waals surface area contributed by atoms with Gasteiger partial charge in [0.15, 0.2) is 0 Å². The number of aliphatic imine (C=N–C) groups is 1. The fourth-order valence-corrected chi connectivity index (χ4v) is 4.52. The van der Waals surface area contributed by atoms with Crippen LogP contribution in [0.2, 0.25) is 0 Å². The second kappa shape index (κ2) is 6.04. The molecular formula is C23H23N3O2. The standard InChI is InChI=1S/C23H23N3O2/c1-22(2)18-6-4-5-7-19(18)26(12-13-27-3)23(22)15-25-21-17-14-24-11-10-16(17)8-9-20(21)28-23/h4-11,14-15H,12-13H2,1-3H3. The number of hydrogen-bond acceptors (Lipinski definition) is 5. The zero-order valence-electron chi connectivity index (χ0n) is 16.3. The summed E-state index contributed by atoms with van der Waals surface area (Å²) in [6.07, 6.45) is 5.62. The largest absolute Gasteiger partial charge is 0.459 e. The molecule has 142 valence electrons. The average molecular weight is 373 g/mol. The molecule has 5 heteroatoms. The summed E-state index contributed by atoms with van der Waals surface area (Å²) in [5.41, 5.74) is 2.26. The Bertz CT molecular complexity index is 1090. The topological polar surface area (TPSA) is 47.0 Å². The maximum Gasteiger partial charge on any atom is 0.228 e. The third kappa shape index (κ3) is 2.17. The van der Waals surface area contributed by atoms with Crippen molar-refractivity contribution in [1.82, 2.24) is 4.98 Å². The summed E-state index contributed by atoms with van der Waals surface area (Å²) in [5, 5.41) is 2.11. The Morgan fingerprint density at radius 1 is 1.11 bits per heavy atom. The summed E-state index contributed by atoms with van der Waals surface area (Å²) >= 11 is 0. The smallest absolute Gasteiger partial charge is 0.228 e. The molecule has 2 aromatic carbocycles. The number of anilines is 1. The molecule has 0 radical (unpaired) electrons. The molecule has 0 N–H and O–H groups in total. The third-order valence-corrected chi connectivity index (χ3v) is 6.08. The van der Waals surface area contributed by atoms with Crippen LogP contribution in [0.25, 0.3) is 10.8 Å². The van der Waals surface area contributed by atoms with Crippen molar-refractivity contribution in [2.45, 2.75) is 25.0 Å². The first kappa shape index (κ1) is 17.2. The Hall–Kier alpha value is -2.92. The van der Waals surface area contributed by atoms with Crippen LogP contribution in [0.15, 0.2) is 59.9 Å². The molecule has 5 nitrogen and oxygen atoms in total. The number of rotatable bonds is 3. The van der Waals surface area contributed by atoms with Gasteiger partial charge in [0.25, 0.3) is 0 Å². The van der Waals surface area contributed by atoms with E-state index in [0.717, 1.165) is 22.2 Å². The van der Waals surface area contributed by atoms with E-state index in [9.17, 15) is 0 Å². The summed E-state index contributed by atoms with van der Waals surface area (Å²) < 4.78 is 12.2. The van der Waals surface area contributed by atoms with Gasteiger partial charge in [0.2, 0.25) is 5.72 Å². The maximum absolute atomic E-state index is 6.79. The molecular weight excluding hydrogens is 350 g/mol. The van der Waals surface area contributed by atoms with Gasteiger partial charge in [-0.15, -0.1) is 0 Å². The summed E-state index contributed by atoms with van der Waals surface area (Å²) in [6.45, 7) is 5.77. The highest BCUT2D eigenvalue weighted by atomic mass is 16.5. The van der Waals surface area contributed by atoms with E-state index in [1.807, 2.05) is 24.5 Å². The van der Waals surface area contributed by atoms with Crippen molar-refractivity contribution in [2.75, 3.05) is 25.2 Å². The number of pyridine rings is 1. The molecule has 1 atom stereocenters. The highest BCUT2D eigenvalue weighted by Crippen LogP contribution is 2.54. The van der Waals surface area contributed by atoms with Crippen LogP contribution < -0.4 is 9.64 Å². The molecule has 0 saturated carbocycles. The van der Waals surface area contributed by atoms with E-state index in [4.69, 9.17) is 14.5 Å². The van der Waals surface area contributed by atoms with Gasteiger partial charge in [0.05, 0.1) is 18.2 Å². The first-order chi connectivity index (χ1) is 13.6. The maximum atomic E-state index is 6.79. The minimum atomic E-state index is -0.710. The lowest BCUT2D eigenvalue weighted by Gasteiger charge is -2.46.